The van der Waals surface area contributed by atoms with Crippen LogP contribution in [0.5, 0.6) is 0 Å². The van der Waals surface area contributed by atoms with Crippen LogP contribution in [0.1, 0.15) is 54.4 Å². The molecule has 0 N–H and O–H groups in total. The summed E-state index contributed by atoms with van der Waals surface area (Å²) in [5.74, 6) is 0.346. The first kappa shape index (κ1) is 13.9. The van der Waals surface area contributed by atoms with Crippen LogP contribution in [-0.2, 0) is 4.79 Å². The Morgan fingerprint density at radius 2 is 1.61 bits per heavy atom. The first-order valence-electron chi connectivity index (χ1n) is 7.09. The van der Waals surface area contributed by atoms with Crippen LogP contribution in [-0.4, -0.2) is 46.4 Å². The van der Waals surface area contributed by atoms with E-state index >= 15 is 0 Å². The van der Waals surface area contributed by atoms with E-state index in [4.69, 9.17) is 0 Å². The summed E-state index contributed by atoms with van der Waals surface area (Å²) in [6, 6.07) is 0. The maximum atomic E-state index is 12.2. The van der Waals surface area contributed by atoms with E-state index in [2.05, 4.69) is 51.3 Å². The molecule has 3 heteroatoms. The molecule has 0 aromatic heterocycles. The highest BCUT2D eigenvalue weighted by Gasteiger charge is 2.51. The van der Waals surface area contributed by atoms with Crippen molar-refractivity contribution in [3.8, 4) is 0 Å². The first-order valence-corrected chi connectivity index (χ1v) is 7.09. The topological polar surface area (TPSA) is 23.6 Å². The molecule has 0 aliphatic carbocycles. The molecule has 0 aromatic carbocycles. The Hall–Kier alpha value is -0.570. The van der Waals surface area contributed by atoms with Gasteiger partial charge in [0.1, 0.15) is 0 Å². The van der Waals surface area contributed by atoms with Crippen LogP contribution < -0.4 is 0 Å². The summed E-state index contributed by atoms with van der Waals surface area (Å²) in [6.45, 7) is 16.4. The van der Waals surface area contributed by atoms with Gasteiger partial charge in [0.05, 0.1) is 0 Å². The SMILES string of the molecule is CC(C)(C)N1CCC2(CC(=O)N(C(C)(C)C)C2)C1. The van der Waals surface area contributed by atoms with Crippen molar-refractivity contribution < 1.29 is 4.79 Å². The molecule has 2 saturated heterocycles. The van der Waals surface area contributed by atoms with Crippen LogP contribution in [0, 0.1) is 5.41 Å². The third-order valence-corrected chi connectivity index (χ3v) is 4.52. The maximum absolute atomic E-state index is 12.2. The van der Waals surface area contributed by atoms with Gasteiger partial charge >= 0.3 is 0 Å². The summed E-state index contributed by atoms with van der Waals surface area (Å²) < 4.78 is 0. The molecule has 0 aromatic rings. The zero-order chi connectivity index (χ0) is 13.8. The fourth-order valence-corrected chi connectivity index (χ4v) is 3.29. The highest BCUT2D eigenvalue weighted by atomic mass is 16.2. The molecule has 1 amide bonds. The van der Waals surface area contributed by atoms with Gasteiger partial charge in [-0.05, 0) is 54.5 Å². The van der Waals surface area contributed by atoms with Crippen LogP contribution in [0.25, 0.3) is 0 Å². The largest absolute Gasteiger partial charge is 0.337 e. The molecule has 2 fully saturated rings. The lowest BCUT2D eigenvalue weighted by Crippen LogP contribution is -2.44. The summed E-state index contributed by atoms with van der Waals surface area (Å²) >= 11 is 0. The molecule has 3 nitrogen and oxygen atoms in total. The predicted octanol–water partition coefficient (Wildman–Crippen LogP) is 2.51. The lowest BCUT2D eigenvalue weighted by atomic mass is 9.86. The fourth-order valence-electron chi connectivity index (χ4n) is 3.29. The molecular weight excluding hydrogens is 224 g/mol. The van der Waals surface area contributed by atoms with Crippen LogP contribution in [0.4, 0.5) is 0 Å². The zero-order valence-corrected chi connectivity index (χ0v) is 12.8. The van der Waals surface area contributed by atoms with E-state index in [0.29, 0.717) is 5.91 Å². The molecule has 1 atom stereocenters. The average molecular weight is 252 g/mol. The van der Waals surface area contributed by atoms with Gasteiger partial charge in [-0.3, -0.25) is 9.69 Å². The molecule has 104 valence electrons. The number of likely N-dealkylation sites (tertiary alicyclic amines) is 2. The van der Waals surface area contributed by atoms with Gasteiger partial charge in [0.25, 0.3) is 0 Å². The molecule has 2 aliphatic heterocycles. The lowest BCUT2D eigenvalue weighted by Gasteiger charge is -2.35. The van der Waals surface area contributed by atoms with Gasteiger partial charge in [0, 0.05) is 36.0 Å². The van der Waals surface area contributed by atoms with E-state index < -0.39 is 0 Å². The normalized spacial score (nSPS) is 30.8. The van der Waals surface area contributed by atoms with Crippen molar-refractivity contribution in [2.45, 2.75) is 65.5 Å². The highest BCUT2D eigenvalue weighted by molar-refractivity contribution is 5.80. The molecular formula is C15H28N2O. The van der Waals surface area contributed by atoms with Crippen LogP contribution in [0.3, 0.4) is 0 Å². The number of carbonyl (C=O) groups is 1. The van der Waals surface area contributed by atoms with Gasteiger partial charge in [0.2, 0.25) is 5.91 Å². The Morgan fingerprint density at radius 1 is 1.00 bits per heavy atom. The molecule has 0 saturated carbocycles. The number of amides is 1. The minimum Gasteiger partial charge on any atom is -0.337 e. The third-order valence-electron chi connectivity index (χ3n) is 4.52. The molecule has 0 bridgehead atoms. The fraction of sp³-hybridized carbons (Fsp3) is 0.933. The van der Waals surface area contributed by atoms with Crippen molar-refractivity contribution in [1.29, 1.82) is 0 Å². The number of hydrogen-bond acceptors (Lipinski definition) is 2. The quantitative estimate of drug-likeness (QED) is 0.661. The minimum atomic E-state index is -0.0320. The van der Waals surface area contributed by atoms with Crippen LogP contribution >= 0.6 is 0 Å². The average Bonchev–Trinajstić information content (AvgIpc) is 2.70. The van der Waals surface area contributed by atoms with Crippen molar-refractivity contribution in [2.24, 2.45) is 5.41 Å². The first-order chi connectivity index (χ1) is 8.04. The van der Waals surface area contributed by atoms with Crippen LogP contribution in [0.2, 0.25) is 0 Å². The smallest absolute Gasteiger partial charge is 0.223 e. The molecule has 1 unspecified atom stereocenters. The van der Waals surface area contributed by atoms with Crippen molar-refractivity contribution in [3.05, 3.63) is 0 Å². The lowest BCUT2D eigenvalue weighted by molar-refractivity contribution is -0.131. The summed E-state index contributed by atoms with van der Waals surface area (Å²) in [5, 5.41) is 0. The number of rotatable bonds is 0. The maximum Gasteiger partial charge on any atom is 0.223 e. The van der Waals surface area contributed by atoms with Crippen molar-refractivity contribution in [1.82, 2.24) is 9.80 Å². The van der Waals surface area contributed by atoms with E-state index in [0.717, 1.165) is 26.1 Å². The monoisotopic (exact) mass is 252 g/mol. The second kappa shape index (κ2) is 3.96. The van der Waals surface area contributed by atoms with Gasteiger partial charge in [-0.25, -0.2) is 0 Å². The Labute approximate surface area is 112 Å². The molecule has 2 heterocycles. The summed E-state index contributed by atoms with van der Waals surface area (Å²) in [4.78, 5) is 16.9. The second-order valence-electron chi connectivity index (χ2n) is 8.17. The molecule has 1 spiro atoms. The Morgan fingerprint density at radius 3 is 2.00 bits per heavy atom. The van der Waals surface area contributed by atoms with E-state index in [1.165, 1.54) is 6.42 Å². The highest BCUT2D eigenvalue weighted by Crippen LogP contribution is 2.44. The van der Waals surface area contributed by atoms with Gasteiger partial charge in [-0.15, -0.1) is 0 Å². The number of hydrogen-bond donors (Lipinski definition) is 0. The predicted molar refractivity (Wildman–Crippen MR) is 74.5 cm³/mol. The number of carbonyl (C=O) groups excluding carboxylic acids is 1. The third kappa shape index (κ3) is 2.42. The van der Waals surface area contributed by atoms with Crippen molar-refractivity contribution >= 4 is 5.91 Å². The van der Waals surface area contributed by atoms with Gasteiger partial charge in [-0.2, -0.15) is 0 Å². The molecule has 2 aliphatic rings. The Balaban J connectivity index is 2.11. The molecule has 0 radical (unpaired) electrons. The van der Waals surface area contributed by atoms with Gasteiger partial charge in [-0.1, -0.05) is 0 Å². The molecule has 2 rings (SSSR count). The van der Waals surface area contributed by atoms with Crippen molar-refractivity contribution in [2.75, 3.05) is 19.6 Å². The Kier molecular flexibility index (Phi) is 3.05. The van der Waals surface area contributed by atoms with E-state index in [9.17, 15) is 4.79 Å². The summed E-state index contributed by atoms with van der Waals surface area (Å²) in [6.07, 6.45) is 1.92. The Bertz CT molecular complexity index is 350. The van der Waals surface area contributed by atoms with E-state index in [-0.39, 0.29) is 16.5 Å². The standard InChI is InChI=1S/C15H28N2O/c1-13(2,3)16-8-7-15(10-16)9-12(18)17(11-15)14(4,5)6/h7-11H2,1-6H3. The summed E-state index contributed by atoms with van der Waals surface area (Å²) in [7, 11) is 0. The van der Waals surface area contributed by atoms with Gasteiger partial charge in [0.15, 0.2) is 0 Å². The minimum absolute atomic E-state index is 0.0320. The van der Waals surface area contributed by atoms with Gasteiger partial charge < -0.3 is 4.90 Å². The van der Waals surface area contributed by atoms with Crippen LogP contribution in [0.15, 0.2) is 0 Å². The zero-order valence-electron chi connectivity index (χ0n) is 12.8. The summed E-state index contributed by atoms with van der Waals surface area (Å²) in [5.41, 5.74) is 0.412. The second-order valence-corrected chi connectivity index (χ2v) is 8.17. The molecule has 18 heavy (non-hydrogen) atoms. The van der Waals surface area contributed by atoms with E-state index in [1.807, 2.05) is 0 Å². The number of nitrogens with zero attached hydrogens (tertiary/aromatic N) is 2. The van der Waals surface area contributed by atoms with E-state index in [1.54, 1.807) is 0 Å². The van der Waals surface area contributed by atoms with Crippen molar-refractivity contribution in [3.63, 3.8) is 0 Å².